The van der Waals surface area contributed by atoms with Gasteiger partial charge in [-0.2, -0.15) is 0 Å². The Morgan fingerprint density at radius 2 is 2.21 bits per heavy atom. The fourth-order valence-corrected chi connectivity index (χ4v) is 1.39. The fraction of sp³-hybridized carbons (Fsp3) is 0.417. The summed E-state index contributed by atoms with van der Waals surface area (Å²) in [6, 6.07) is 5.77. The Morgan fingerprint density at radius 3 is 2.71 bits per heavy atom. The van der Waals surface area contributed by atoms with E-state index in [1.54, 1.807) is 7.11 Å². The molecule has 0 amide bonds. The summed E-state index contributed by atoms with van der Waals surface area (Å²) in [4.78, 5) is 10.8. The number of hydrogen-bond acceptors (Lipinski definition) is 2. The van der Waals surface area contributed by atoms with Crippen molar-refractivity contribution in [2.75, 3.05) is 7.11 Å². The molecule has 14 heavy (non-hydrogen) atoms. The van der Waals surface area contributed by atoms with E-state index in [1.807, 2.05) is 18.2 Å². The number of hydrogen-bond donors (Lipinski definition) is 0. The number of ether oxygens (including phenoxy) is 1. The van der Waals surface area contributed by atoms with Crippen molar-refractivity contribution in [2.24, 2.45) is 0 Å². The van der Waals surface area contributed by atoms with Crippen molar-refractivity contribution in [3.8, 4) is 5.75 Å². The molecule has 2 nitrogen and oxygen atoms in total. The maximum absolute atomic E-state index is 10.8. The van der Waals surface area contributed by atoms with Crippen LogP contribution in [0.5, 0.6) is 5.75 Å². The van der Waals surface area contributed by atoms with Gasteiger partial charge in [0.25, 0.3) is 0 Å². The summed E-state index contributed by atoms with van der Waals surface area (Å²) in [6.07, 6.45) is 1.91. The van der Waals surface area contributed by atoms with E-state index in [4.69, 9.17) is 4.74 Å². The number of benzene rings is 1. The fourth-order valence-electron chi connectivity index (χ4n) is 1.39. The Labute approximate surface area is 84.9 Å². The van der Waals surface area contributed by atoms with Gasteiger partial charge in [-0.15, -0.1) is 0 Å². The maximum Gasteiger partial charge on any atom is 0.153 e. The quantitative estimate of drug-likeness (QED) is 0.685. The third kappa shape index (κ3) is 2.13. The van der Waals surface area contributed by atoms with Crippen molar-refractivity contribution < 1.29 is 9.53 Å². The standard InChI is InChI=1S/C12H16O2/c1-4-9(2)10-5-6-12(14-3)11(7-10)8-13/h5-9H,4H2,1-3H3/t9-/m0/s1. The minimum atomic E-state index is 0.486. The first-order chi connectivity index (χ1) is 6.72. The molecule has 1 aromatic rings. The molecule has 1 aromatic carbocycles. The zero-order chi connectivity index (χ0) is 10.6. The highest BCUT2D eigenvalue weighted by atomic mass is 16.5. The number of rotatable bonds is 4. The Hall–Kier alpha value is -1.31. The van der Waals surface area contributed by atoms with Crippen LogP contribution in [-0.4, -0.2) is 13.4 Å². The zero-order valence-corrected chi connectivity index (χ0v) is 8.91. The number of carbonyl (C=O) groups is 1. The summed E-state index contributed by atoms with van der Waals surface area (Å²) in [5.41, 5.74) is 1.82. The lowest BCUT2D eigenvalue weighted by atomic mass is 9.97. The topological polar surface area (TPSA) is 26.3 Å². The molecule has 0 unspecified atom stereocenters. The predicted molar refractivity (Wildman–Crippen MR) is 57.1 cm³/mol. The van der Waals surface area contributed by atoms with Gasteiger partial charge in [0, 0.05) is 0 Å². The Bertz CT molecular complexity index is 318. The van der Waals surface area contributed by atoms with Crippen molar-refractivity contribution >= 4 is 6.29 Å². The van der Waals surface area contributed by atoms with Crippen LogP contribution in [0.25, 0.3) is 0 Å². The van der Waals surface area contributed by atoms with Gasteiger partial charge in [0.15, 0.2) is 6.29 Å². The summed E-state index contributed by atoms with van der Waals surface area (Å²) in [5, 5.41) is 0. The van der Waals surface area contributed by atoms with Crippen LogP contribution in [0.4, 0.5) is 0 Å². The molecule has 0 aliphatic carbocycles. The Morgan fingerprint density at radius 1 is 1.50 bits per heavy atom. The monoisotopic (exact) mass is 192 g/mol. The van der Waals surface area contributed by atoms with E-state index >= 15 is 0 Å². The third-order valence-electron chi connectivity index (χ3n) is 2.56. The van der Waals surface area contributed by atoms with Gasteiger partial charge in [-0.05, 0) is 30.0 Å². The molecule has 0 aromatic heterocycles. The molecule has 0 N–H and O–H groups in total. The third-order valence-corrected chi connectivity index (χ3v) is 2.56. The van der Waals surface area contributed by atoms with E-state index < -0.39 is 0 Å². The Balaban J connectivity index is 3.07. The minimum Gasteiger partial charge on any atom is -0.496 e. The number of methoxy groups -OCH3 is 1. The summed E-state index contributed by atoms with van der Waals surface area (Å²) in [5.74, 6) is 1.13. The lowest BCUT2D eigenvalue weighted by Crippen LogP contribution is -1.96. The first kappa shape index (κ1) is 10.8. The van der Waals surface area contributed by atoms with Crippen molar-refractivity contribution in [3.05, 3.63) is 29.3 Å². The van der Waals surface area contributed by atoms with E-state index in [9.17, 15) is 4.79 Å². The van der Waals surface area contributed by atoms with E-state index in [1.165, 1.54) is 5.56 Å². The summed E-state index contributed by atoms with van der Waals surface area (Å²) in [6.45, 7) is 4.28. The van der Waals surface area contributed by atoms with Crippen LogP contribution in [0, 0.1) is 0 Å². The highest BCUT2D eigenvalue weighted by Crippen LogP contribution is 2.24. The molecule has 0 aliphatic rings. The van der Waals surface area contributed by atoms with Crippen molar-refractivity contribution in [3.63, 3.8) is 0 Å². The SMILES string of the molecule is CC[C@H](C)c1ccc(OC)c(C=O)c1. The second kappa shape index (κ2) is 4.80. The first-order valence-electron chi connectivity index (χ1n) is 4.86. The van der Waals surface area contributed by atoms with Gasteiger partial charge in [-0.3, -0.25) is 4.79 Å². The Kier molecular flexibility index (Phi) is 3.69. The van der Waals surface area contributed by atoms with Crippen LogP contribution in [0.1, 0.15) is 42.1 Å². The van der Waals surface area contributed by atoms with Crippen LogP contribution in [0.3, 0.4) is 0 Å². The second-order valence-corrected chi connectivity index (χ2v) is 3.43. The normalized spacial score (nSPS) is 12.2. The average molecular weight is 192 g/mol. The van der Waals surface area contributed by atoms with Crippen LogP contribution >= 0.6 is 0 Å². The van der Waals surface area contributed by atoms with Gasteiger partial charge in [0.05, 0.1) is 12.7 Å². The van der Waals surface area contributed by atoms with Crippen LogP contribution in [0.15, 0.2) is 18.2 Å². The van der Waals surface area contributed by atoms with Crippen LogP contribution in [-0.2, 0) is 0 Å². The molecule has 0 heterocycles. The lowest BCUT2D eigenvalue weighted by Gasteiger charge is -2.11. The highest BCUT2D eigenvalue weighted by Gasteiger charge is 2.07. The summed E-state index contributed by atoms with van der Waals surface area (Å²) >= 11 is 0. The maximum atomic E-state index is 10.8. The lowest BCUT2D eigenvalue weighted by molar-refractivity contribution is 0.112. The van der Waals surface area contributed by atoms with Gasteiger partial charge in [0.2, 0.25) is 0 Å². The van der Waals surface area contributed by atoms with Crippen LogP contribution < -0.4 is 4.74 Å². The van der Waals surface area contributed by atoms with E-state index in [0.717, 1.165) is 12.7 Å². The van der Waals surface area contributed by atoms with E-state index in [0.29, 0.717) is 17.2 Å². The molecule has 0 saturated carbocycles. The smallest absolute Gasteiger partial charge is 0.153 e. The molecular weight excluding hydrogens is 176 g/mol. The predicted octanol–water partition coefficient (Wildman–Crippen LogP) is 3.02. The number of aldehydes is 1. The number of carbonyl (C=O) groups excluding carboxylic acids is 1. The molecule has 1 atom stereocenters. The molecular formula is C12H16O2. The minimum absolute atomic E-state index is 0.486. The van der Waals surface area contributed by atoms with Crippen LogP contribution in [0.2, 0.25) is 0 Å². The zero-order valence-electron chi connectivity index (χ0n) is 8.91. The molecule has 0 aliphatic heterocycles. The molecule has 0 radical (unpaired) electrons. The molecule has 0 bridgehead atoms. The van der Waals surface area contributed by atoms with Gasteiger partial charge < -0.3 is 4.74 Å². The average Bonchev–Trinajstić information content (AvgIpc) is 2.26. The van der Waals surface area contributed by atoms with E-state index in [-0.39, 0.29) is 0 Å². The largest absolute Gasteiger partial charge is 0.496 e. The summed E-state index contributed by atoms with van der Waals surface area (Å²) in [7, 11) is 1.57. The van der Waals surface area contributed by atoms with E-state index in [2.05, 4.69) is 13.8 Å². The van der Waals surface area contributed by atoms with Crippen molar-refractivity contribution in [1.82, 2.24) is 0 Å². The van der Waals surface area contributed by atoms with Crippen molar-refractivity contribution in [1.29, 1.82) is 0 Å². The molecule has 0 saturated heterocycles. The van der Waals surface area contributed by atoms with Gasteiger partial charge in [-0.1, -0.05) is 19.9 Å². The van der Waals surface area contributed by atoms with Gasteiger partial charge in [0.1, 0.15) is 5.75 Å². The van der Waals surface area contributed by atoms with Crippen molar-refractivity contribution in [2.45, 2.75) is 26.2 Å². The van der Waals surface area contributed by atoms with Gasteiger partial charge >= 0.3 is 0 Å². The molecule has 0 spiro atoms. The first-order valence-corrected chi connectivity index (χ1v) is 4.86. The molecule has 1 rings (SSSR count). The molecule has 2 heteroatoms. The second-order valence-electron chi connectivity index (χ2n) is 3.43. The highest BCUT2D eigenvalue weighted by molar-refractivity contribution is 5.79. The molecule has 76 valence electrons. The summed E-state index contributed by atoms with van der Waals surface area (Å²) < 4.78 is 5.07. The van der Waals surface area contributed by atoms with Gasteiger partial charge in [-0.25, -0.2) is 0 Å². The molecule has 0 fully saturated rings.